The molecule has 1 aliphatic heterocycles. The van der Waals surface area contributed by atoms with Crippen molar-refractivity contribution in [1.82, 2.24) is 5.32 Å². The lowest BCUT2D eigenvalue weighted by molar-refractivity contribution is -0.125. The van der Waals surface area contributed by atoms with Crippen LogP contribution in [0.4, 0.5) is 5.69 Å². The van der Waals surface area contributed by atoms with E-state index in [1.54, 1.807) is 4.90 Å². The Morgan fingerprint density at radius 1 is 1.37 bits per heavy atom. The zero-order valence-electron chi connectivity index (χ0n) is 11.5. The Kier molecular flexibility index (Phi) is 4.20. The summed E-state index contributed by atoms with van der Waals surface area (Å²) in [4.78, 5) is 25.4. The van der Waals surface area contributed by atoms with E-state index in [1.165, 1.54) is 5.56 Å². The lowest BCUT2D eigenvalue weighted by Gasteiger charge is -2.22. The van der Waals surface area contributed by atoms with Crippen LogP contribution in [0.15, 0.2) is 24.3 Å². The third-order valence-corrected chi connectivity index (χ3v) is 3.39. The molecule has 1 aromatic carbocycles. The van der Waals surface area contributed by atoms with Crippen molar-refractivity contribution in [3.8, 4) is 0 Å². The van der Waals surface area contributed by atoms with Crippen LogP contribution in [-0.2, 0) is 16.0 Å². The first-order valence-electron chi connectivity index (χ1n) is 6.80. The minimum absolute atomic E-state index is 0.0399. The first-order valence-corrected chi connectivity index (χ1v) is 6.80. The summed E-state index contributed by atoms with van der Waals surface area (Å²) in [6.45, 7) is 4.06. The molecule has 0 radical (unpaired) electrons. The highest BCUT2D eigenvalue weighted by molar-refractivity contribution is 5.98. The van der Waals surface area contributed by atoms with Crippen LogP contribution in [0.5, 0.6) is 0 Å². The lowest BCUT2D eigenvalue weighted by atomic mass is 10.1. The topological polar surface area (TPSA) is 49.4 Å². The van der Waals surface area contributed by atoms with Gasteiger partial charge in [0.2, 0.25) is 11.8 Å². The summed E-state index contributed by atoms with van der Waals surface area (Å²) in [6.07, 6.45) is 2.15. The molecule has 0 aliphatic carbocycles. The van der Waals surface area contributed by atoms with Crippen LogP contribution < -0.4 is 10.2 Å². The molecule has 2 rings (SSSR count). The fraction of sp³-hybridized carbons (Fsp3) is 0.467. The number of nitrogens with zero attached hydrogens (tertiary/aromatic N) is 1. The van der Waals surface area contributed by atoms with E-state index in [0.29, 0.717) is 6.42 Å². The number of anilines is 1. The molecule has 0 saturated heterocycles. The number of para-hydroxylation sites is 1. The molecule has 1 unspecified atom stereocenters. The molecule has 0 aromatic heterocycles. The summed E-state index contributed by atoms with van der Waals surface area (Å²) >= 11 is 0. The fourth-order valence-corrected chi connectivity index (χ4v) is 2.52. The van der Waals surface area contributed by atoms with Gasteiger partial charge in [0.15, 0.2) is 0 Å². The molecule has 1 aliphatic rings. The molecule has 1 atom stereocenters. The Balaban J connectivity index is 2.01. The van der Waals surface area contributed by atoms with Gasteiger partial charge in [-0.1, -0.05) is 25.1 Å². The van der Waals surface area contributed by atoms with Gasteiger partial charge >= 0.3 is 0 Å². The number of hydrogen-bond acceptors (Lipinski definition) is 2. The quantitative estimate of drug-likeness (QED) is 0.898. The number of benzene rings is 1. The summed E-state index contributed by atoms with van der Waals surface area (Å²) in [6, 6.07) is 8.10. The van der Waals surface area contributed by atoms with Crippen molar-refractivity contribution in [3.05, 3.63) is 29.8 Å². The average molecular weight is 260 g/mol. The second-order valence-corrected chi connectivity index (χ2v) is 4.97. The summed E-state index contributed by atoms with van der Waals surface area (Å²) < 4.78 is 0. The Bertz CT molecular complexity index is 485. The van der Waals surface area contributed by atoms with Gasteiger partial charge in [0.25, 0.3) is 0 Å². The fourth-order valence-electron chi connectivity index (χ4n) is 2.52. The average Bonchev–Trinajstić information content (AvgIpc) is 2.72. The monoisotopic (exact) mass is 260 g/mol. The van der Waals surface area contributed by atoms with Gasteiger partial charge < -0.3 is 10.2 Å². The third-order valence-electron chi connectivity index (χ3n) is 3.39. The molecule has 0 fully saturated rings. The van der Waals surface area contributed by atoms with Gasteiger partial charge in [-0.2, -0.15) is 0 Å². The van der Waals surface area contributed by atoms with Crippen LogP contribution in [0.3, 0.4) is 0 Å². The summed E-state index contributed by atoms with van der Waals surface area (Å²) in [7, 11) is 0. The molecule has 102 valence electrons. The van der Waals surface area contributed by atoms with Gasteiger partial charge in [-0.3, -0.25) is 9.59 Å². The second-order valence-electron chi connectivity index (χ2n) is 4.97. The van der Waals surface area contributed by atoms with Crippen LogP contribution in [0.1, 0.15) is 32.3 Å². The van der Waals surface area contributed by atoms with Crippen LogP contribution in [0.25, 0.3) is 0 Å². The van der Waals surface area contributed by atoms with E-state index >= 15 is 0 Å². The van der Waals surface area contributed by atoms with Gasteiger partial charge in [0, 0.05) is 18.2 Å². The molecule has 0 bridgehead atoms. The van der Waals surface area contributed by atoms with Crippen molar-refractivity contribution in [2.75, 3.05) is 11.4 Å². The highest BCUT2D eigenvalue weighted by atomic mass is 16.2. The molecule has 4 nitrogen and oxygen atoms in total. The number of fused-ring (bicyclic) bond motifs is 1. The maximum absolute atomic E-state index is 12.2. The first-order chi connectivity index (χ1) is 9.13. The molecule has 1 N–H and O–H groups in total. The summed E-state index contributed by atoms with van der Waals surface area (Å²) in [5, 5.41) is 2.68. The molecular formula is C15H20N2O2. The zero-order chi connectivity index (χ0) is 13.8. The number of carbonyl (C=O) groups is 2. The highest BCUT2D eigenvalue weighted by Gasteiger charge is 2.30. The molecular weight excluding hydrogens is 240 g/mol. The van der Waals surface area contributed by atoms with E-state index in [9.17, 15) is 9.59 Å². The van der Waals surface area contributed by atoms with Crippen LogP contribution in [0, 0.1) is 0 Å². The van der Waals surface area contributed by atoms with E-state index in [4.69, 9.17) is 0 Å². The number of rotatable bonds is 4. The number of nitrogens with one attached hydrogen (secondary N) is 1. The third kappa shape index (κ3) is 2.95. The highest BCUT2D eigenvalue weighted by Crippen LogP contribution is 2.31. The summed E-state index contributed by atoms with van der Waals surface area (Å²) in [5.74, 6) is -0.0992. The maximum Gasteiger partial charge on any atom is 0.246 e. The molecule has 0 spiro atoms. The minimum atomic E-state index is -0.0593. The normalized spacial score (nSPS) is 17.2. The Morgan fingerprint density at radius 2 is 2.11 bits per heavy atom. The van der Waals surface area contributed by atoms with Crippen molar-refractivity contribution >= 4 is 17.5 Å². The zero-order valence-corrected chi connectivity index (χ0v) is 11.5. The van der Waals surface area contributed by atoms with Crippen molar-refractivity contribution < 1.29 is 9.59 Å². The molecule has 1 heterocycles. The predicted molar refractivity (Wildman–Crippen MR) is 75.0 cm³/mol. The van der Waals surface area contributed by atoms with E-state index in [1.807, 2.05) is 32.0 Å². The van der Waals surface area contributed by atoms with Crippen molar-refractivity contribution in [2.24, 2.45) is 0 Å². The molecule has 1 aromatic rings. The van der Waals surface area contributed by atoms with Crippen LogP contribution >= 0.6 is 0 Å². The summed E-state index contributed by atoms with van der Waals surface area (Å²) in [5.41, 5.74) is 2.17. The molecule has 4 heteroatoms. The first kappa shape index (κ1) is 13.6. The standard InChI is InChI=1S/C15H20N2O2/c1-3-6-14(18)16-10-15(19)17-11(2)9-12-7-4-5-8-13(12)17/h4-5,7-8,11H,3,6,9-10H2,1-2H3,(H,16,18). The lowest BCUT2D eigenvalue weighted by Crippen LogP contribution is -2.42. The van der Waals surface area contributed by atoms with E-state index in [0.717, 1.165) is 18.5 Å². The number of amides is 2. The maximum atomic E-state index is 12.2. The largest absolute Gasteiger partial charge is 0.347 e. The van der Waals surface area contributed by atoms with Gasteiger partial charge in [-0.25, -0.2) is 0 Å². The second kappa shape index (κ2) is 5.87. The molecule has 19 heavy (non-hydrogen) atoms. The van der Waals surface area contributed by atoms with E-state index < -0.39 is 0 Å². The van der Waals surface area contributed by atoms with Crippen molar-refractivity contribution in [1.29, 1.82) is 0 Å². The van der Waals surface area contributed by atoms with Crippen molar-refractivity contribution in [3.63, 3.8) is 0 Å². The van der Waals surface area contributed by atoms with Gasteiger partial charge in [0.1, 0.15) is 0 Å². The van der Waals surface area contributed by atoms with Crippen LogP contribution in [-0.4, -0.2) is 24.4 Å². The SMILES string of the molecule is CCCC(=O)NCC(=O)N1c2ccccc2CC1C. The van der Waals surface area contributed by atoms with Gasteiger partial charge in [-0.05, 0) is 31.4 Å². The molecule has 0 saturated carbocycles. The Morgan fingerprint density at radius 3 is 2.84 bits per heavy atom. The Labute approximate surface area is 113 Å². The number of carbonyl (C=O) groups excluding carboxylic acids is 2. The van der Waals surface area contributed by atoms with Crippen LogP contribution in [0.2, 0.25) is 0 Å². The van der Waals surface area contributed by atoms with Gasteiger partial charge in [0.05, 0.1) is 6.54 Å². The van der Waals surface area contributed by atoms with Gasteiger partial charge in [-0.15, -0.1) is 0 Å². The minimum Gasteiger partial charge on any atom is -0.347 e. The van der Waals surface area contributed by atoms with E-state index in [-0.39, 0.29) is 24.4 Å². The predicted octanol–water partition coefficient (Wildman–Crippen LogP) is 1.88. The van der Waals surface area contributed by atoms with E-state index in [2.05, 4.69) is 11.4 Å². The Hall–Kier alpha value is -1.84. The smallest absolute Gasteiger partial charge is 0.246 e. The molecule has 2 amide bonds. The van der Waals surface area contributed by atoms with Crippen molar-refractivity contribution in [2.45, 2.75) is 39.2 Å². The number of hydrogen-bond donors (Lipinski definition) is 1.